The second kappa shape index (κ2) is 6.70. The lowest BCUT2D eigenvalue weighted by molar-refractivity contribution is 0.350. The summed E-state index contributed by atoms with van der Waals surface area (Å²) in [7, 11) is -3.47. The van der Waals surface area contributed by atoms with Gasteiger partial charge in [-0.2, -0.15) is 0 Å². The molecule has 1 aromatic carbocycles. The Kier molecular flexibility index (Phi) is 5.74. The van der Waals surface area contributed by atoms with Gasteiger partial charge < -0.3 is 5.73 Å². The van der Waals surface area contributed by atoms with Gasteiger partial charge in [-0.25, -0.2) is 13.1 Å². The molecule has 0 heterocycles. The number of rotatable bonds is 7. The van der Waals surface area contributed by atoms with E-state index < -0.39 is 10.0 Å². The van der Waals surface area contributed by atoms with E-state index in [1.807, 2.05) is 26.8 Å². The van der Waals surface area contributed by atoms with Gasteiger partial charge in [-0.15, -0.1) is 0 Å². The number of nitrogens with two attached hydrogens (primary N) is 1. The van der Waals surface area contributed by atoms with Crippen LogP contribution in [-0.2, 0) is 23.0 Å². The molecule has 0 aliphatic rings. The van der Waals surface area contributed by atoms with E-state index in [4.69, 9.17) is 5.73 Å². The molecular formula is C15H26N2O2S. The summed E-state index contributed by atoms with van der Waals surface area (Å²) in [5.41, 5.74) is 7.63. The minimum atomic E-state index is -3.47. The second-order valence-corrected chi connectivity index (χ2v) is 7.60. The molecule has 0 amide bonds. The summed E-state index contributed by atoms with van der Waals surface area (Å²) >= 11 is 0. The number of benzene rings is 1. The maximum Gasteiger partial charge on any atom is 0.240 e. The second-order valence-electron chi connectivity index (χ2n) is 5.83. The summed E-state index contributed by atoms with van der Waals surface area (Å²) in [5, 5.41) is 0. The van der Waals surface area contributed by atoms with Gasteiger partial charge in [0.15, 0.2) is 0 Å². The number of nitrogens with one attached hydrogen (secondary N) is 1. The molecule has 20 heavy (non-hydrogen) atoms. The Morgan fingerprint density at radius 1 is 1.20 bits per heavy atom. The van der Waals surface area contributed by atoms with Crippen LogP contribution in [0.4, 0.5) is 0 Å². The van der Waals surface area contributed by atoms with Crippen molar-refractivity contribution in [3.63, 3.8) is 0 Å². The van der Waals surface area contributed by atoms with Crippen molar-refractivity contribution in [1.82, 2.24) is 4.72 Å². The smallest absolute Gasteiger partial charge is 0.240 e. The zero-order valence-electron chi connectivity index (χ0n) is 12.9. The summed E-state index contributed by atoms with van der Waals surface area (Å²) < 4.78 is 27.3. The van der Waals surface area contributed by atoms with Crippen LogP contribution in [0.1, 0.15) is 45.2 Å². The van der Waals surface area contributed by atoms with Crippen LogP contribution in [0, 0.1) is 5.41 Å². The van der Waals surface area contributed by atoms with Crippen molar-refractivity contribution in [3.8, 4) is 0 Å². The molecule has 0 fully saturated rings. The van der Waals surface area contributed by atoms with Gasteiger partial charge in [0, 0.05) is 13.1 Å². The normalized spacial score (nSPS) is 12.7. The van der Waals surface area contributed by atoms with Crippen molar-refractivity contribution in [2.24, 2.45) is 11.1 Å². The molecule has 1 rings (SSSR count). The zero-order valence-corrected chi connectivity index (χ0v) is 13.7. The van der Waals surface area contributed by atoms with Gasteiger partial charge >= 0.3 is 0 Å². The first-order valence-corrected chi connectivity index (χ1v) is 8.55. The molecule has 0 unspecified atom stereocenters. The fraction of sp³-hybridized carbons (Fsp3) is 0.600. The lowest BCUT2D eigenvalue weighted by Gasteiger charge is -2.23. The fourth-order valence-electron chi connectivity index (χ4n) is 1.80. The molecule has 0 saturated carbocycles. The van der Waals surface area contributed by atoms with Crippen LogP contribution in [0.5, 0.6) is 0 Å². The van der Waals surface area contributed by atoms with Gasteiger partial charge in [-0.3, -0.25) is 0 Å². The van der Waals surface area contributed by atoms with Crippen LogP contribution < -0.4 is 10.5 Å². The SMILES string of the molecule is CCc1ccc(S(=O)(=O)NCC(C)(C)CC)cc1CN. The minimum absolute atomic E-state index is 0.0485. The van der Waals surface area contributed by atoms with E-state index in [2.05, 4.69) is 11.6 Å². The summed E-state index contributed by atoms with van der Waals surface area (Å²) in [6.45, 7) is 8.95. The van der Waals surface area contributed by atoms with Crippen molar-refractivity contribution >= 4 is 10.0 Å². The van der Waals surface area contributed by atoms with E-state index in [1.54, 1.807) is 12.1 Å². The van der Waals surface area contributed by atoms with Crippen LogP contribution in [0.2, 0.25) is 0 Å². The van der Waals surface area contributed by atoms with E-state index >= 15 is 0 Å². The van der Waals surface area contributed by atoms with Gasteiger partial charge in [0.2, 0.25) is 10.0 Å². The Morgan fingerprint density at radius 3 is 2.35 bits per heavy atom. The van der Waals surface area contributed by atoms with Gasteiger partial charge in [-0.1, -0.05) is 33.8 Å². The van der Waals surface area contributed by atoms with Crippen molar-refractivity contribution in [3.05, 3.63) is 29.3 Å². The Balaban J connectivity index is 2.98. The predicted molar refractivity (Wildman–Crippen MR) is 83.0 cm³/mol. The zero-order chi connectivity index (χ0) is 15.4. The molecule has 1 aromatic rings. The first-order valence-electron chi connectivity index (χ1n) is 7.07. The van der Waals surface area contributed by atoms with Crippen LogP contribution in [0.3, 0.4) is 0 Å². The van der Waals surface area contributed by atoms with Crippen molar-refractivity contribution in [2.75, 3.05) is 6.54 Å². The monoisotopic (exact) mass is 298 g/mol. The van der Waals surface area contributed by atoms with E-state index in [9.17, 15) is 8.42 Å². The lowest BCUT2D eigenvalue weighted by atomic mass is 9.91. The van der Waals surface area contributed by atoms with Gasteiger partial charge in [0.1, 0.15) is 0 Å². The molecule has 4 nitrogen and oxygen atoms in total. The molecule has 5 heteroatoms. The van der Waals surface area contributed by atoms with E-state index in [-0.39, 0.29) is 5.41 Å². The van der Waals surface area contributed by atoms with Crippen LogP contribution in [-0.4, -0.2) is 15.0 Å². The topological polar surface area (TPSA) is 72.2 Å². The highest BCUT2D eigenvalue weighted by Crippen LogP contribution is 2.20. The Labute approximate surface area is 122 Å². The molecule has 0 radical (unpaired) electrons. The van der Waals surface area contributed by atoms with Gasteiger partial charge in [-0.05, 0) is 41.5 Å². The number of sulfonamides is 1. The average Bonchev–Trinajstić information content (AvgIpc) is 2.44. The van der Waals surface area contributed by atoms with E-state index in [1.165, 1.54) is 0 Å². The highest BCUT2D eigenvalue weighted by atomic mass is 32.2. The maximum absolute atomic E-state index is 12.3. The molecular weight excluding hydrogens is 272 g/mol. The molecule has 114 valence electrons. The first-order chi connectivity index (χ1) is 9.25. The van der Waals surface area contributed by atoms with Gasteiger partial charge in [0.05, 0.1) is 4.90 Å². The molecule has 0 aromatic heterocycles. The van der Waals surface area contributed by atoms with Crippen molar-refractivity contribution in [2.45, 2.75) is 52.0 Å². The summed E-state index contributed by atoms with van der Waals surface area (Å²) in [4.78, 5) is 0.294. The third kappa shape index (κ3) is 4.30. The number of hydrogen-bond acceptors (Lipinski definition) is 3. The quantitative estimate of drug-likeness (QED) is 0.812. The highest BCUT2D eigenvalue weighted by Gasteiger charge is 2.21. The fourth-order valence-corrected chi connectivity index (χ4v) is 3.10. The van der Waals surface area contributed by atoms with Crippen molar-refractivity contribution < 1.29 is 8.42 Å². The van der Waals surface area contributed by atoms with E-state index in [0.717, 1.165) is 24.0 Å². The van der Waals surface area contributed by atoms with Crippen LogP contribution in [0.25, 0.3) is 0 Å². The largest absolute Gasteiger partial charge is 0.326 e. The summed E-state index contributed by atoms with van der Waals surface area (Å²) in [5.74, 6) is 0. The third-order valence-corrected chi connectivity index (χ3v) is 5.19. The first kappa shape index (κ1) is 17.1. The highest BCUT2D eigenvalue weighted by molar-refractivity contribution is 7.89. The summed E-state index contributed by atoms with van der Waals surface area (Å²) in [6.07, 6.45) is 1.77. The lowest BCUT2D eigenvalue weighted by Crippen LogP contribution is -2.33. The standard InChI is InChI=1S/C15H26N2O2S/c1-5-12-7-8-14(9-13(12)10-16)20(18,19)17-11-15(3,4)6-2/h7-9,17H,5-6,10-11,16H2,1-4H3. The Morgan fingerprint density at radius 2 is 1.85 bits per heavy atom. The predicted octanol–water partition coefficient (Wildman–Crippen LogP) is 2.42. The molecule has 0 atom stereocenters. The maximum atomic E-state index is 12.3. The Hall–Kier alpha value is -0.910. The molecule has 0 saturated heterocycles. The Bertz CT molecular complexity index is 551. The number of hydrogen-bond donors (Lipinski definition) is 2. The minimum Gasteiger partial charge on any atom is -0.326 e. The molecule has 0 spiro atoms. The number of aryl methyl sites for hydroxylation is 1. The third-order valence-electron chi connectivity index (χ3n) is 3.79. The molecule has 0 aliphatic heterocycles. The van der Waals surface area contributed by atoms with Crippen LogP contribution >= 0.6 is 0 Å². The molecule has 0 aliphatic carbocycles. The van der Waals surface area contributed by atoms with Crippen LogP contribution in [0.15, 0.2) is 23.1 Å². The van der Waals surface area contributed by atoms with Crippen molar-refractivity contribution in [1.29, 1.82) is 0 Å². The summed E-state index contributed by atoms with van der Waals surface area (Å²) in [6, 6.07) is 5.18. The van der Waals surface area contributed by atoms with Gasteiger partial charge in [0.25, 0.3) is 0 Å². The van der Waals surface area contributed by atoms with E-state index in [0.29, 0.717) is 18.0 Å². The average molecular weight is 298 g/mol. The molecule has 3 N–H and O–H groups in total. The molecule has 0 bridgehead atoms.